The van der Waals surface area contributed by atoms with Crippen molar-refractivity contribution in [2.24, 2.45) is 0 Å². The Morgan fingerprint density at radius 3 is 2.64 bits per heavy atom. The molecule has 7 heteroatoms. The third-order valence-electron chi connectivity index (χ3n) is 6.22. The van der Waals surface area contributed by atoms with E-state index in [1.54, 1.807) is 17.0 Å². The highest BCUT2D eigenvalue weighted by Crippen LogP contribution is 2.27. The molecule has 0 radical (unpaired) electrons. The number of aliphatic hydroxyl groups is 1. The molecule has 33 heavy (non-hydrogen) atoms. The van der Waals surface area contributed by atoms with Gasteiger partial charge in [-0.3, -0.25) is 9.59 Å². The zero-order valence-corrected chi connectivity index (χ0v) is 19.2. The highest BCUT2D eigenvalue weighted by Gasteiger charge is 2.27. The summed E-state index contributed by atoms with van der Waals surface area (Å²) < 4.78 is 0. The van der Waals surface area contributed by atoms with E-state index in [2.05, 4.69) is 16.0 Å². The summed E-state index contributed by atoms with van der Waals surface area (Å²) in [6.07, 6.45) is 3.45. The highest BCUT2D eigenvalue weighted by atomic mass is 16.3. The van der Waals surface area contributed by atoms with Crippen LogP contribution in [0.2, 0.25) is 0 Å². The van der Waals surface area contributed by atoms with Crippen LogP contribution in [0.3, 0.4) is 0 Å². The van der Waals surface area contributed by atoms with Gasteiger partial charge in [0.2, 0.25) is 5.91 Å². The van der Waals surface area contributed by atoms with Crippen LogP contribution in [0.15, 0.2) is 48.5 Å². The van der Waals surface area contributed by atoms with E-state index in [1.165, 1.54) is 0 Å². The average molecular weight is 451 g/mol. The molecular weight excluding hydrogens is 416 g/mol. The normalized spacial score (nSPS) is 17.6. The molecule has 1 saturated carbocycles. The Bertz CT molecular complexity index is 961. The van der Waals surface area contributed by atoms with Gasteiger partial charge in [0.05, 0.1) is 12.1 Å². The number of hydrogen-bond acceptors (Lipinski definition) is 5. The van der Waals surface area contributed by atoms with E-state index in [9.17, 15) is 14.7 Å². The van der Waals surface area contributed by atoms with Crippen molar-refractivity contribution in [2.75, 3.05) is 29.9 Å². The maximum absolute atomic E-state index is 13.3. The van der Waals surface area contributed by atoms with Crippen LogP contribution >= 0.6 is 0 Å². The van der Waals surface area contributed by atoms with Crippen molar-refractivity contribution < 1.29 is 14.7 Å². The molecule has 1 aliphatic carbocycles. The third-order valence-corrected chi connectivity index (χ3v) is 6.22. The van der Waals surface area contributed by atoms with E-state index in [0.717, 1.165) is 36.2 Å². The molecule has 2 fully saturated rings. The minimum atomic E-state index is -0.716. The monoisotopic (exact) mass is 450 g/mol. The number of carbonyl (C=O) groups is 2. The second-order valence-electron chi connectivity index (χ2n) is 8.97. The first-order chi connectivity index (χ1) is 16.0. The summed E-state index contributed by atoms with van der Waals surface area (Å²) in [5.74, 6) is -0.174. The molecule has 2 aliphatic rings. The van der Waals surface area contributed by atoms with Gasteiger partial charge in [-0.25, -0.2) is 0 Å². The molecule has 2 aromatic carbocycles. The molecule has 2 amide bonds. The summed E-state index contributed by atoms with van der Waals surface area (Å²) in [6, 6.07) is 15.4. The Morgan fingerprint density at radius 1 is 1.18 bits per heavy atom. The molecule has 7 nitrogen and oxygen atoms in total. The number of nitrogens with one attached hydrogen (secondary N) is 3. The number of anilines is 2. The highest BCUT2D eigenvalue weighted by molar-refractivity contribution is 6.00. The molecule has 4 N–H and O–H groups in total. The van der Waals surface area contributed by atoms with Gasteiger partial charge < -0.3 is 26.0 Å². The molecule has 4 rings (SSSR count). The first-order valence-corrected chi connectivity index (χ1v) is 12.0. The molecule has 0 spiro atoms. The van der Waals surface area contributed by atoms with E-state index in [1.807, 2.05) is 43.3 Å². The van der Waals surface area contributed by atoms with Gasteiger partial charge in [0.1, 0.15) is 0 Å². The van der Waals surface area contributed by atoms with Crippen LogP contribution in [0.5, 0.6) is 0 Å². The number of rotatable bonds is 11. The van der Waals surface area contributed by atoms with Crippen molar-refractivity contribution in [3.05, 3.63) is 59.7 Å². The first-order valence-electron chi connectivity index (χ1n) is 12.0. The molecule has 1 aliphatic heterocycles. The fourth-order valence-electron chi connectivity index (χ4n) is 4.25. The van der Waals surface area contributed by atoms with Gasteiger partial charge in [0.15, 0.2) is 0 Å². The van der Waals surface area contributed by atoms with Crippen LogP contribution in [0.4, 0.5) is 11.4 Å². The van der Waals surface area contributed by atoms with E-state index in [4.69, 9.17) is 0 Å². The van der Waals surface area contributed by atoms with E-state index in [0.29, 0.717) is 44.1 Å². The predicted octanol–water partition coefficient (Wildman–Crippen LogP) is 2.70. The number of amides is 2. The van der Waals surface area contributed by atoms with Crippen LogP contribution in [-0.2, 0) is 11.2 Å². The summed E-state index contributed by atoms with van der Waals surface area (Å²) >= 11 is 0. The molecule has 1 saturated heterocycles. The van der Waals surface area contributed by atoms with Gasteiger partial charge in [-0.1, -0.05) is 30.3 Å². The van der Waals surface area contributed by atoms with Crippen molar-refractivity contribution in [2.45, 2.75) is 57.2 Å². The quantitative estimate of drug-likeness (QED) is 0.422. The molecule has 0 bridgehead atoms. The molecule has 0 aromatic heterocycles. The zero-order chi connectivity index (χ0) is 23.2. The Labute approximate surface area is 195 Å². The lowest BCUT2D eigenvalue weighted by molar-refractivity contribution is -0.117. The Balaban J connectivity index is 1.53. The lowest BCUT2D eigenvalue weighted by Crippen LogP contribution is -2.49. The lowest BCUT2D eigenvalue weighted by atomic mass is 10.00. The number of hydrogen-bond donors (Lipinski definition) is 4. The van der Waals surface area contributed by atoms with E-state index >= 15 is 0 Å². The van der Waals surface area contributed by atoms with E-state index in [-0.39, 0.29) is 11.8 Å². The van der Waals surface area contributed by atoms with Crippen molar-refractivity contribution in [1.82, 2.24) is 10.6 Å². The largest absolute Gasteiger partial charge is 0.390 e. The van der Waals surface area contributed by atoms with Crippen molar-refractivity contribution in [3.63, 3.8) is 0 Å². The third kappa shape index (κ3) is 6.33. The minimum Gasteiger partial charge on any atom is -0.390 e. The molecular formula is C26H34N4O3. The molecule has 2 aromatic rings. The van der Waals surface area contributed by atoms with Crippen LogP contribution < -0.4 is 20.9 Å². The molecule has 2 unspecified atom stereocenters. The summed E-state index contributed by atoms with van der Waals surface area (Å²) in [6.45, 7) is 3.80. The number of benzene rings is 2. The van der Waals surface area contributed by atoms with Crippen molar-refractivity contribution in [3.8, 4) is 0 Å². The van der Waals surface area contributed by atoms with Gasteiger partial charge >= 0.3 is 0 Å². The van der Waals surface area contributed by atoms with Gasteiger partial charge in [0.25, 0.3) is 5.91 Å². The Morgan fingerprint density at radius 2 is 1.97 bits per heavy atom. The van der Waals surface area contributed by atoms with Gasteiger partial charge in [0, 0.05) is 49.0 Å². The fraction of sp³-hybridized carbons (Fsp3) is 0.462. The fourth-order valence-corrected chi connectivity index (χ4v) is 4.25. The van der Waals surface area contributed by atoms with E-state index < -0.39 is 12.1 Å². The summed E-state index contributed by atoms with van der Waals surface area (Å²) in [5.41, 5.74) is 3.06. The number of carbonyl (C=O) groups excluding carboxylic acids is 2. The lowest BCUT2D eigenvalue weighted by Gasteiger charge is -2.25. The zero-order valence-electron chi connectivity index (χ0n) is 19.2. The summed E-state index contributed by atoms with van der Waals surface area (Å²) in [7, 11) is 0. The second kappa shape index (κ2) is 10.8. The first kappa shape index (κ1) is 23.3. The summed E-state index contributed by atoms with van der Waals surface area (Å²) in [4.78, 5) is 27.4. The molecule has 2 atom stereocenters. The van der Waals surface area contributed by atoms with Crippen molar-refractivity contribution >= 4 is 23.2 Å². The van der Waals surface area contributed by atoms with Crippen LogP contribution in [0.1, 0.15) is 48.5 Å². The Kier molecular flexibility index (Phi) is 7.62. The van der Waals surface area contributed by atoms with Gasteiger partial charge in [-0.15, -0.1) is 0 Å². The van der Waals surface area contributed by atoms with Gasteiger partial charge in [-0.2, -0.15) is 0 Å². The molecule has 176 valence electrons. The second-order valence-corrected chi connectivity index (χ2v) is 8.97. The van der Waals surface area contributed by atoms with Crippen LogP contribution in [-0.4, -0.2) is 54.7 Å². The number of nitrogens with zero attached hydrogens (tertiary/aromatic N) is 1. The maximum atomic E-state index is 13.3. The van der Waals surface area contributed by atoms with Crippen molar-refractivity contribution in [1.29, 1.82) is 0 Å². The minimum absolute atomic E-state index is 0.0820. The smallest absolute Gasteiger partial charge is 0.251 e. The topological polar surface area (TPSA) is 93.7 Å². The Hall–Kier alpha value is -2.90. The SMILES string of the molecule is CCNc1cc(C(=O)NC(Cc2ccccc2)C(O)CNC2CC2)cc(N2CCCC2=O)c1. The van der Waals surface area contributed by atoms with Gasteiger partial charge in [-0.05, 0) is 56.4 Å². The summed E-state index contributed by atoms with van der Waals surface area (Å²) in [5, 5.41) is 20.6. The van der Waals surface area contributed by atoms with Crippen LogP contribution in [0.25, 0.3) is 0 Å². The molecule has 1 heterocycles. The predicted molar refractivity (Wildman–Crippen MR) is 131 cm³/mol. The standard InChI is InChI=1S/C26H34N4O3/c1-2-27-21-14-19(15-22(16-21)30-12-6-9-25(30)32)26(33)29-23(13-18-7-4-3-5-8-18)24(31)17-28-20-10-11-20/h3-5,7-8,14-16,20,23-24,27-28,31H,2,6,9-13,17H2,1H3,(H,29,33). The van der Waals surface area contributed by atoms with Crippen LogP contribution in [0, 0.1) is 0 Å². The number of aliphatic hydroxyl groups excluding tert-OH is 1. The average Bonchev–Trinajstić information content (AvgIpc) is 3.55. The maximum Gasteiger partial charge on any atom is 0.251 e.